The summed E-state index contributed by atoms with van der Waals surface area (Å²) < 4.78 is 0. The molecule has 0 aliphatic heterocycles. The van der Waals surface area contributed by atoms with Crippen molar-refractivity contribution in [1.82, 2.24) is 0 Å². The molecule has 1 aromatic carbocycles. The summed E-state index contributed by atoms with van der Waals surface area (Å²) in [6.45, 7) is 15.0. The van der Waals surface area contributed by atoms with E-state index in [4.69, 9.17) is 0 Å². The highest BCUT2D eigenvalue weighted by Crippen LogP contribution is 2.65. The minimum atomic E-state index is -0.776. The Morgan fingerprint density at radius 3 is 2.14 bits per heavy atom. The summed E-state index contributed by atoms with van der Waals surface area (Å²) in [5.41, 5.74) is 3.47. The van der Waals surface area contributed by atoms with Crippen LogP contribution in [0.3, 0.4) is 0 Å². The number of hydrogen-bond donors (Lipinski definition) is 0. The number of fused-ring (bicyclic) bond motifs is 1. The van der Waals surface area contributed by atoms with E-state index in [9.17, 15) is 9.59 Å². The highest BCUT2D eigenvalue weighted by molar-refractivity contribution is 6.43. The monoisotopic (exact) mass is 388 g/mol. The fourth-order valence-electron chi connectivity index (χ4n) is 5.91. The fraction of sp³-hybridized carbons (Fsp3) is 0.481. The molecule has 152 valence electrons. The Hall–Kier alpha value is -2.22. The minimum absolute atomic E-state index is 0.0393. The normalized spacial score (nSPS) is 33.1. The molecular weight excluding hydrogens is 356 g/mol. The topological polar surface area (TPSA) is 34.1 Å². The number of rotatable bonds is 1. The first kappa shape index (κ1) is 20.1. The first-order valence-electron chi connectivity index (χ1n) is 10.7. The first-order valence-corrected chi connectivity index (χ1v) is 10.7. The third-order valence-corrected chi connectivity index (χ3v) is 7.46. The lowest BCUT2D eigenvalue weighted by molar-refractivity contribution is -0.157. The van der Waals surface area contributed by atoms with Crippen molar-refractivity contribution in [1.29, 1.82) is 0 Å². The molecule has 0 spiro atoms. The van der Waals surface area contributed by atoms with Gasteiger partial charge in [-0.25, -0.2) is 0 Å². The van der Waals surface area contributed by atoms with Gasteiger partial charge in [-0.15, -0.1) is 0 Å². The first-order chi connectivity index (χ1) is 13.4. The number of Topliss-reactive ketones (excluding diaryl/α,β-unsaturated/α-hetero) is 2. The zero-order valence-corrected chi connectivity index (χ0v) is 18.7. The van der Waals surface area contributed by atoms with E-state index in [1.807, 2.05) is 18.2 Å². The summed E-state index contributed by atoms with van der Waals surface area (Å²) in [6, 6.07) is 10.4. The van der Waals surface area contributed by atoms with Crippen LogP contribution in [0.25, 0.3) is 5.57 Å². The summed E-state index contributed by atoms with van der Waals surface area (Å²) in [4.78, 5) is 27.0. The molecule has 0 N–H and O–H groups in total. The average Bonchev–Trinajstić information content (AvgIpc) is 3.09. The van der Waals surface area contributed by atoms with Crippen molar-refractivity contribution in [2.75, 3.05) is 0 Å². The van der Waals surface area contributed by atoms with Crippen LogP contribution in [0.5, 0.6) is 0 Å². The second-order valence-electron chi connectivity index (χ2n) is 11.0. The van der Waals surface area contributed by atoms with Gasteiger partial charge in [-0.1, -0.05) is 95.7 Å². The third-order valence-electron chi connectivity index (χ3n) is 7.46. The molecule has 0 amide bonds. The Morgan fingerprint density at radius 1 is 0.966 bits per heavy atom. The molecule has 2 bridgehead atoms. The lowest BCUT2D eigenvalue weighted by atomic mass is 9.42. The summed E-state index contributed by atoms with van der Waals surface area (Å²) in [5.74, 6) is -0.639. The van der Waals surface area contributed by atoms with Gasteiger partial charge in [0.25, 0.3) is 0 Å². The zero-order chi connectivity index (χ0) is 21.4. The quantitative estimate of drug-likeness (QED) is 0.433. The van der Waals surface area contributed by atoms with Gasteiger partial charge in [-0.3, -0.25) is 9.59 Å². The molecule has 1 aromatic rings. The van der Waals surface area contributed by atoms with Crippen LogP contribution in [0.15, 0.2) is 59.7 Å². The van der Waals surface area contributed by atoms with Crippen LogP contribution in [-0.4, -0.2) is 11.6 Å². The smallest absolute Gasteiger partial charge is 0.210 e. The van der Waals surface area contributed by atoms with Crippen LogP contribution in [0.2, 0.25) is 0 Å². The van der Waals surface area contributed by atoms with Crippen molar-refractivity contribution < 1.29 is 9.59 Å². The summed E-state index contributed by atoms with van der Waals surface area (Å²) in [5, 5.41) is 0. The number of allylic oxidation sites excluding steroid dienone is 6. The Balaban J connectivity index is 1.99. The van der Waals surface area contributed by atoms with Crippen LogP contribution < -0.4 is 0 Å². The number of ketones is 2. The standard InChI is InChI=1S/C27H32O2/c1-16(17-11-9-8-10-12-17)18-13-14-19-21(18)22-20(25(2,3)4)15-27(19,26(5,6)7)24(29)23(22)28/h8-15,19,21-22H,1-7H3/b18-16+/t19-,21+,22+,27+/m1/s1. The summed E-state index contributed by atoms with van der Waals surface area (Å²) >= 11 is 0. The summed E-state index contributed by atoms with van der Waals surface area (Å²) in [6.07, 6.45) is 6.61. The lowest BCUT2D eigenvalue weighted by Crippen LogP contribution is -2.63. The second-order valence-corrected chi connectivity index (χ2v) is 11.0. The Kier molecular flexibility index (Phi) is 4.25. The minimum Gasteiger partial charge on any atom is -0.290 e. The molecule has 0 radical (unpaired) electrons. The van der Waals surface area contributed by atoms with E-state index in [0.29, 0.717) is 0 Å². The van der Waals surface area contributed by atoms with Crippen LogP contribution >= 0.6 is 0 Å². The van der Waals surface area contributed by atoms with Gasteiger partial charge in [0.2, 0.25) is 11.6 Å². The maximum absolute atomic E-state index is 13.5. The van der Waals surface area contributed by atoms with Crippen molar-refractivity contribution in [2.24, 2.45) is 34.0 Å². The molecule has 4 aliphatic carbocycles. The van der Waals surface area contributed by atoms with E-state index in [-0.39, 0.29) is 40.2 Å². The Morgan fingerprint density at radius 2 is 1.59 bits per heavy atom. The highest BCUT2D eigenvalue weighted by Gasteiger charge is 2.67. The molecular formula is C27H32O2. The van der Waals surface area contributed by atoms with Gasteiger partial charge < -0.3 is 0 Å². The number of carbonyl (C=O) groups is 2. The number of benzene rings is 1. The fourth-order valence-corrected chi connectivity index (χ4v) is 5.91. The van der Waals surface area contributed by atoms with E-state index in [0.717, 1.165) is 5.57 Å². The van der Waals surface area contributed by atoms with Gasteiger partial charge in [-0.05, 0) is 34.5 Å². The number of carbonyl (C=O) groups excluding carboxylic acids is 2. The van der Waals surface area contributed by atoms with Crippen molar-refractivity contribution in [2.45, 2.75) is 48.5 Å². The van der Waals surface area contributed by atoms with Gasteiger partial charge in [0.1, 0.15) is 0 Å². The Bertz CT molecular complexity index is 976. The predicted octanol–water partition coefficient (Wildman–Crippen LogP) is 6.05. The molecule has 0 saturated heterocycles. The molecule has 1 saturated carbocycles. The highest BCUT2D eigenvalue weighted by atomic mass is 16.2. The maximum Gasteiger partial charge on any atom is 0.210 e. The van der Waals surface area contributed by atoms with Crippen molar-refractivity contribution >= 4 is 17.1 Å². The second kappa shape index (κ2) is 6.14. The van der Waals surface area contributed by atoms with Gasteiger partial charge >= 0.3 is 0 Å². The SMILES string of the molecule is C/C(=C1/C=C[C@@H]2[C@H]1[C@H]1C(=O)C(=O)[C@]2(C(C)(C)C)C=C1C(C)(C)C)c1ccccc1. The van der Waals surface area contributed by atoms with Crippen LogP contribution in [0.4, 0.5) is 0 Å². The zero-order valence-electron chi connectivity index (χ0n) is 18.7. The predicted molar refractivity (Wildman–Crippen MR) is 118 cm³/mol. The Labute approximate surface area is 174 Å². The summed E-state index contributed by atoms with van der Waals surface area (Å²) in [7, 11) is 0. The molecule has 4 atom stereocenters. The van der Waals surface area contributed by atoms with Gasteiger partial charge in [-0.2, -0.15) is 0 Å². The lowest BCUT2D eigenvalue weighted by Gasteiger charge is -2.58. The van der Waals surface area contributed by atoms with E-state index in [2.05, 4.69) is 78.8 Å². The van der Waals surface area contributed by atoms with Crippen LogP contribution in [0.1, 0.15) is 54.0 Å². The van der Waals surface area contributed by atoms with Crippen molar-refractivity contribution in [3.05, 3.63) is 65.3 Å². The van der Waals surface area contributed by atoms with Crippen LogP contribution in [0, 0.1) is 34.0 Å². The molecule has 4 aliphatic rings. The molecule has 2 nitrogen and oxygen atoms in total. The molecule has 5 rings (SSSR count). The van der Waals surface area contributed by atoms with E-state index >= 15 is 0 Å². The van der Waals surface area contributed by atoms with E-state index < -0.39 is 5.41 Å². The molecule has 2 heteroatoms. The van der Waals surface area contributed by atoms with Gasteiger partial charge in [0.15, 0.2) is 0 Å². The van der Waals surface area contributed by atoms with Gasteiger partial charge in [0, 0.05) is 11.8 Å². The molecule has 29 heavy (non-hydrogen) atoms. The van der Waals surface area contributed by atoms with E-state index in [1.165, 1.54) is 16.7 Å². The number of hydrogen-bond acceptors (Lipinski definition) is 2. The molecule has 1 fully saturated rings. The van der Waals surface area contributed by atoms with Crippen LogP contribution in [-0.2, 0) is 9.59 Å². The maximum atomic E-state index is 13.5. The average molecular weight is 389 g/mol. The molecule has 0 aromatic heterocycles. The molecule has 0 heterocycles. The van der Waals surface area contributed by atoms with Crippen molar-refractivity contribution in [3.8, 4) is 0 Å². The van der Waals surface area contributed by atoms with Gasteiger partial charge in [0.05, 0.1) is 11.3 Å². The third kappa shape index (κ3) is 2.61. The molecule has 0 unspecified atom stereocenters. The van der Waals surface area contributed by atoms with E-state index in [1.54, 1.807) is 0 Å². The van der Waals surface area contributed by atoms with Crippen molar-refractivity contribution in [3.63, 3.8) is 0 Å². The largest absolute Gasteiger partial charge is 0.290 e.